The number of fused-ring (bicyclic) bond motifs is 1. The van der Waals surface area contributed by atoms with Crippen molar-refractivity contribution in [1.29, 1.82) is 0 Å². The van der Waals surface area contributed by atoms with E-state index in [1.54, 1.807) is 7.11 Å². The van der Waals surface area contributed by atoms with Gasteiger partial charge in [0, 0.05) is 19.1 Å². The summed E-state index contributed by atoms with van der Waals surface area (Å²) in [6, 6.07) is 20.1. The van der Waals surface area contributed by atoms with Gasteiger partial charge in [0.1, 0.15) is 12.2 Å². The van der Waals surface area contributed by atoms with Gasteiger partial charge in [-0.3, -0.25) is 0 Å². The Kier molecular flexibility index (Phi) is 5.62. The van der Waals surface area contributed by atoms with Crippen LogP contribution in [0.15, 0.2) is 60.7 Å². The molecule has 0 spiro atoms. The van der Waals surface area contributed by atoms with Crippen molar-refractivity contribution in [2.75, 3.05) is 13.7 Å². The van der Waals surface area contributed by atoms with Crippen molar-refractivity contribution < 1.29 is 23.7 Å². The first-order chi connectivity index (χ1) is 12.8. The molecule has 0 N–H and O–H groups in total. The van der Waals surface area contributed by atoms with E-state index in [4.69, 9.17) is 23.7 Å². The largest absolute Gasteiger partial charge is 0.371 e. The van der Waals surface area contributed by atoms with Gasteiger partial charge in [-0.25, -0.2) is 0 Å². The maximum Gasteiger partial charge on any atom is 0.184 e. The molecule has 0 aromatic heterocycles. The van der Waals surface area contributed by atoms with E-state index < -0.39 is 6.29 Å². The molecule has 138 valence electrons. The van der Waals surface area contributed by atoms with E-state index in [1.165, 1.54) is 0 Å². The lowest BCUT2D eigenvalue weighted by Crippen LogP contribution is -2.55. The van der Waals surface area contributed by atoms with E-state index in [1.807, 2.05) is 48.5 Å². The van der Waals surface area contributed by atoms with Crippen LogP contribution >= 0.6 is 0 Å². The molecule has 2 fully saturated rings. The molecule has 0 unspecified atom stereocenters. The van der Waals surface area contributed by atoms with Gasteiger partial charge in [0.25, 0.3) is 0 Å². The van der Waals surface area contributed by atoms with Crippen molar-refractivity contribution in [1.82, 2.24) is 0 Å². The highest BCUT2D eigenvalue weighted by Gasteiger charge is 2.45. The number of benzene rings is 2. The topological polar surface area (TPSA) is 46.2 Å². The van der Waals surface area contributed by atoms with Crippen LogP contribution in [0.4, 0.5) is 0 Å². The van der Waals surface area contributed by atoms with Gasteiger partial charge in [-0.15, -0.1) is 0 Å². The summed E-state index contributed by atoms with van der Waals surface area (Å²) in [6.45, 7) is 0.987. The molecule has 5 heteroatoms. The summed E-state index contributed by atoms with van der Waals surface area (Å²) in [6.07, 6.45) is -0.584. The smallest absolute Gasteiger partial charge is 0.184 e. The molecule has 0 bridgehead atoms. The Balaban J connectivity index is 1.47. The Morgan fingerprint density at radius 1 is 0.962 bits per heavy atom. The first-order valence-electron chi connectivity index (χ1n) is 8.99. The third-order valence-corrected chi connectivity index (χ3v) is 4.82. The molecular weight excluding hydrogens is 332 g/mol. The van der Waals surface area contributed by atoms with Gasteiger partial charge in [-0.05, 0) is 5.56 Å². The van der Waals surface area contributed by atoms with Crippen molar-refractivity contribution in [3.63, 3.8) is 0 Å². The van der Waals surface area contributed by atoms with Crippen LogP contribution in [0.25, 0.3) is 0 Å². The molecule has 26 heavy (non-hydrogen) atoms. The van der Waals surface area contributed by atoms with Crippen LogP contribution in [0.3, 0.4) is 0 Å². The van der Waals surface area contributed by atoms with Crippen LogP contribution in [-0.2, 0) is 30.3 Å². The monoisotopic (exact) mass is 356 g/mol. The lowest BCUT2D eigenvalue weighted by molar-refractivity contribution is -0.339. The average Bonchev–Trinajstić information content (AvgIpc) is 2.72. The number of rotatable bonds is 5. The van der Waals surface area contributed by atoms with Gasteiger partial charge < -0.3 is 23.7 Å². The van der Waals surface area contributed by atoms with Crippen LogP contribution < -0.4 is 0 Å². The summed E-state index contributed by atoms with van der Waals surface area (Å²) in [4.78, 5) is 0. The Morgan fingerprint density at radius 2 is 1.69 bits per heavy atom. The van der Waals surface area contributed by atoms with Crippen molar-refractivity contribution >= 4 is 0 Å². The predicted octanol–water partition coefficient (Wildman–Crippen LogP) is 3.45. The summed E-state index contributed by atoms with van der Waals surface area (Å²) < 4.78 is 29.7. The zero-order valence-corrected chi connectivity index (χ0v) is 14.8. The molecule has 2 aromatic rings. The van der Waals surface area contributed by atoms with E-state index in [-0.39, 0.29) is 24.6 Å². The van der Waals surface area contributed by atoms with E-state index in [2.05, 4.69) is 12.1 Å². The van der Waals surface area contributed by atoms with Crippen LogP contribution in [0, 0.1) is 0 Å². The normalized spacial score (nSPS) is 31.3. The molecule has 2 aromatic carbocycles. The highest BCUT2D eigenvalue weighted by Crippen LogP contribution is 2.35. The third-order valence-electron chi connectivity index (χ3n) is 4.82. The second-order valence-corrected chi connectivity index (χ2v) is 6.59. The number of hydrogen-bond donors (Lipinski definition) is 0. The zero-order chi connectivity index (χ0) is 17.8. The molecule has 0 saturated carbocycles. The summed E-state index contributed by atoms with van der Waals surface area (Å²) in [5.74, 6) is 0. The molecule has 2 heterocycles. The van der Waals surface area contributed by atoms with Gasteiger partial charge in [0.2, 0.25) is 0 Å². The van der Waals surface area contributed by atoms with Crippen LogP contribution in [0.5, 0.6) is 0 Å². The molecular formula is C21H24O5. The van der Waals surface area contributed by atoms with Crippen LogP contribution in [0.2, 0.25) is 0 Å². The van der Waals surface area contributed by atoms with Crippen molar-refractivity contribution in [2.24, 2.45) is 0 Å². The lowest BCUT2D eigenvalue weighted by atomic mass is 10.00. The summed E-state index contributed by atoms with van der Waals surface area (Å²) in [5, 5.41) is 0. The SMILES string of the molecule is CO[C@@H]1C[C@@H](OCc2ccccc2)[C@@H]2O[C@H](c3ccccc3)OC[C@H]2O1. The number of methoxy groups -OCH3 is 1. The standard InChI is InChI=1S/C21H24O5/c1-22-19-12-17(23-13-15-8-4-2-5-9-15)20-18(25-19)14-24-21(26-20)16-10-6-3-7-11-16/h2-11,17-21H,12-14H2,1H3/t17-,18-,19+,20+,21-/m1/s1. The van der Waals surface area contributed by atoms with E-state index in [9.17, 15) is 0 Å². The molecule has 2 saturated heterocycles. The quantitative estimate of drug-likeness (QED) is 0.821. The molecule has 5 nitrogen and oxygen atoms in total. The lowest BCUT2D eigenvalue weighted by Gasteiger charge is -2.45. The van der Waals surface area contributed by atoms with Crippen molar-refractivity contribution in [3.05, 3.63) is 71.8 Å². The first kappa shape index (κ1) is 17.6. The Hall–Kier alpha value is -1.76. The summed E-state index contributed by atoms with van der Waals surface area (Å²) in [7, 11) is 1.65. The van der Waals surface area contributed by atoms with Crippen molar-refractivity contribution in [2.45, 2.75) is 43.9 Å². The maximum atomic E-state index is 6.24. The minimum atomic E-state index is -0.400. The second-order valence-electron chi connectivity index (χ2n) is 6.59. The second kappa shape index (κ2) is 8.29. The van der Waals surface area contributed by atoms with Crippen LogP contribution in [0.1, 0.15) is 23.8 Å². The fraction of sp³-hybridized carbons (Fsp3) is 0.429. The number of hydrogen-bond acceptors (Lipinski definition) is 5. The van der Waals surface area contributed by atoms with Gasteiger partial charge >= 0.3 is 0 Å². The Labute approximate surface area is 153 Å². The molecule has 0 amide bonds. The summed E-state index contributed by atoms with van der Waals surface area (Å²) >= 11 is 0. The zero-order valence-electron chi connectivity index (χ0n) is 14.8. The molecule has 0 aliphatic carbocycles. The minimum Gasteiger partial charge on any atom is -0.371 e. The summed E-state index contributed by atoms with van der Waals surface area (Å²) in [5.41, 5.74) is 2.14. The van der Waals surface area contributed by atoms with E-state index in [0.29, 0.717) is 19.6 Å². The van der Waals surface area contributed by atoms with Crippen LogP contribution in [-0.4, -0.2) is 38.3 Å². The fourth-order valence-corrected chi connectivity index (χ4v) is 3.44. The molecule has 4 rings (SSSR count). The average molecular weight is 356 g/mol. The van der Waals surface area contributed by atoms with Gasteiger partial charge in [0.05, 0.1) is 19.3 Å². The molecule has 2 aliphatic heterocycles. The maximum absolute atomic E-state index is 6.24. The molecule has 2 aliphatic rings. The third kappa shape index (κ3) is 3.98. The van der Waals surface area contributed by atoms with Gasteiger partial charge in [-0.1, -0.05) is 60.7 Å². The van der Waals surface area contributed by atoms with Gasteiger partial charge in [-0.2, -0.15) is 0 Å². The minimum absolute atomic E-state index is 0.117. The number of ether oxygens (including phenoxy) is 5. The Morgan fingerprint density at radius 3 is 2.42 bits per heavy atom. The van der Waals surface area contributed by atoms with Crippen molar-refractivity contribution in [3.8, 4) is 0 Å². The van der Waals surface area contributed by atoms with E-state index >= 15 is 0 Å². The Bertz CT molecular complexity index is 677. The molecule has 5 atom stereocenters. The molecule has 0 radical (unpaired) electrons. The predicted molar refractivity (Wildman–Crippen MR) is 95.3 cm³/mol. The first-order valence-corrected chi connectivity index (χ1v) is 8.99. The highest BCUT2D eigenvalue weighted by atomic mass is 16.7. The highest BCUT2D eigenvalue weighted by molar-refractivity contribution is 5.17. The van der Waals surface area contributed by atoms with Gasteiger partial charge in [0.15, 0.2) is 12.6 Å². The fourth-order valence-electron chi connectivity index (χ4n) is 3.44. The van der Waals surface area contributed by atoms with E-state index in [0.717, 1.165) is 11.1 Å².